The second-order valence-corrected chi connectivity index (χ2v) is 8.29. The highest BCUT2D eigenvalue weighted by Crippen LogP contribution is 2.18. The third kappa shape index (κ3) is 6.23. The molecule has 7 heteroatoms. The predicted molar refractivity (Wildman–Crippen MR) is 130 cm³/mol. The van der Waals surface area contributed by atoms with E-state index in [1.807, 2.05) is 0 Å². The van der Waals surface area contributed by atoms with Gasteiger partial charge < -0.3 is 20.0 Å². The molecule has 1 aromatic heterocycles. The molecular formula is C26H30N4O3. The van der Waals surface area contributed by atoms with Crippen molar-refractivity contribution in [3.63, 3.8) is 0 Å². The molecule has 0 saturated carbocycles. The maximum absolute atomic E-state index is 12.4. The van der Waals surface area contributed by atoms with Crippen LogP contribution in [0.1, 0.15) is 32.9 Å². The lowest BCUT2D eigenvalue weighted by Crippen LogP contribution is -2.47. The average molecular weight is 447 g/mol. The molecule has 0 spiro atoms. The van der Waals surface area contributed by atoms with Gasteiger partial charge in [0.05, 0.1) is 6.26 Å². The fourth-order valence-electron chi connectivity index (χ4n) is 3.97. The predicted octanol–water partition coefficient (Wildman–Crippen LogP) is 3.78. The van der Waals surface area contributed by atoms with Crippen LogP contribution in [0.25, 0.3) is 0 Å². The summed E-state index contributed by atoms with van der Waals surface area (Å²) in [5.74, 6) is -0.187. The molecular weight excluding hydrogens is 416 g/mol. The number of rotatable bonds is 8. The number of nitrogens with one attached hydrogen (secondary N) is 2. The zero-order valence-electron chi connectivity index (χ0n) is 18.9. The Balaban J connectivity index is 1.15. The van der Waals surface area contributed by atoms with E-state index in [0.29, 0.717) is 17.8 Å². The minimum Gasteiger partial charge on any atom is -0.459 e. The number of carbonyl (C=O) groups is 2. The molecule has 1 aliphatic heterocycles. The molecule has 33 heavy (non-hydrogen) atoms. The molecule has 2 heterocycles. The second-order valence-electron chi connectivity index (χ2n) is 8.29. The molecule has 0 unspecified atom stereocenters. The molecule has 2 aromatic carbocycles. The van der Waals surface area contributed by atoms with Crippen LogP contribution in [0.4, 0.5) is 11.4 Å². The minimum absolute atomic E-state index is 0.108. The van der Waals surface area contributed by atoms with E-state index >= 15 is 0 Å². The maximum atomic E-state index is 12.4. The number of anilines is 2. The van der Waals surface area contributed by atoms with E-state index in [-0.39, 0.29) is 17.6 Å². The molecule has 1 fully saturated rings. The number of piperazine rings is 1. The van der Waals surface area contributed by atoms with Crippen LogP contribution in [0.15, 0.2) is 71.3 Å². The molecule has 0 bridgehead atoms. The van der Waals surface area contributed by atoms with Crippen LogP contribution < -0.4 is 15.5 Å². The third-order valence-electron chi connectivity index (χ3n) is 5.83. The number of aryl methyl sites for hydroxylation is 1. The van der Waals surface area contributed by atoms with Crippen molar-refractivity contribution in [1.82, 2.24) is 10.2 Å². The van der Waals surface area contributed by atoms with Crippen molar-refractivity contribution >= 4 is 23.2 Å². The molecule has 0 radical (unpaired) electrons. The highest BCUT2D eigenvalue weighted by Gasteiger charge is 2.17. The van der Waals surface area contributed by atoms with Gasteiger partial charge in [-0.1, -0.05) is 12.1 Å². The zero-order valence-corrected chi connectivity index (χ0v) is 18.9. The van der Waals surface area contributed by atoms with Crippen molar-refractivity contribution in [3.05, 3.63) is 83.8 Å². The van der Waals surface area contributed by atoms with Gasteiger partial charge in [-0.05, 0) is 74.0 Å². The largest absolute Gasteiger partial charge is 0.459 e. The van der Waals surface area contributed by atoms with Gasteiger partial charge in [-0.2, -0.15) is 0 Å². The first-order chi connectivity index (χ1) is 16.1. The lowest BCUT2D eigenvalue weighted by atomic mass is 10.2. The number of nitrogens with zero attached hydrogens (tertiary/aromatic N) is 2. The summed E-state index contributed by atoms with van der Waals surface area (Å²) in [6.07, 6.45) is 2.36. The van der Waals surface area contributed by atoms with Crippen LogP contribution in [0, 0.1) is 6.92 Å². The van der Waals surface area contributed by atoms with Gasteiger partial charge in [0.15, 0.2) is 5.76 Å². The number of hydrogen-bond acceptors (Lipinski definition) is 5. The van der Waals surface area contributed by atoms with Crippen molar-refractivity contribution in [1.29, 1.82) is 0 Å². The van der Waals surface area contributed by atoms with Crippen molar-refractivity contribution in [2.24, 2.45) is 0 Å². The molecule has 0 atom stereocenters. The molecule has 7 nitrogen and oxygen atoms in total. The summed E-state index contributed by atoms with van der Waals surface area (Å²) in [4.78, 5) is 29.3. The van der Waals surface area contributed by atoms with Gasteiger partial charge in [0.2, 0.25) is 0 Å². The van der Waals surface area contributed by atoms with Crippen LogP contribution in [-0.2, 0) is 0 Å². The Morgan fingerprint density at radius 3 is 2.42 bits per heavy atom. The van der Waals surface area contributed by atoms with E-state index in [1.54, 1.807) is 36.4 Å². The van der Waals surface area contributed by atoms with Gasteiger partial charge in [0.1, 0.15) is 0 Å². The Bertz CT molecular complexity index is 1060. The molecule has 4 rings (SSSR count). The quantitative estimate of drug-likeness (QED) is 0.515. The molecule has 1 aliphatic rings. The van der Waals surface area contributed by atoms with Crippen molar-refractivity contribution in [3.8, 4) is 0 Å². The summed E-state index contributed by atoms with van der Waals surface area (Å²) in [6.45, 7) is 7.85. The first-order valence-corrected chi connectivity index (χ1v) is 11.4. The van der Waals surface area contributed by atoms with E-state index in [9.17, 15) is 9.59 Å². The van der Waals surface area contributed by atoms with Gasteiger partial charge in [0, 0.05) is 49.7 Å². The molecule has 1 saturated heterocycles. The topological polar surface area (TPSA) is 77.8 Å². The smallest absolute Gasteiger partial charge is 0.291 e. The van der Waals surface area contributed by atoms with Gasteiger partial charge in [-0.3, -0.25) is 14.5 Å². The van der Waals surface area contributed by atoms with Crippen molar-refractivity contribution < 1.29 is 14.0 Å². The minimum atomic E-state index is -0.322. The Labute approximate surface area is 194 Å². The first-order valence-electron chi connectivity index (χ1n) is 11.4. The number of furan rings is 1. The molecule has 172 valence electrons. The Morgan fingerprint density at radius 1 is 0.939 bits per heavy atom. The van der Waals surface area contributed by atoms with Gasteiger partial charge in [-0.15, -0.1) is 0 Å². The SMILES string of the molecule is Cc1cccc(N2CCN(CCCNC(=O)c3ccc(NC(=O)c4ccco4)cc3)CC2)c1. The first kappa shape index (κ1) is 22.6. The standard InChI is InChI=1S/C26H30N4O3/c1-20-5-2-6-23(19-20)30-16-14-29(15-17-30)13-4-12-27-25(31)21-8-10-22(11-9-21)28-26(32)24-7-3-18-33-24/h2-3,5-11,18-19H,4,12-17H2,1H3,(H,27,31)(H,28,32). The summed E-state index contributed by atoms with van der Waals surface area (Å²) in [7, 11) is 0. The van der Waals surface area contributed by atoms with E-state index < -0.39 is 0 Å². The van der Waals surface area contributed by atoms with Gasteiger partial charge in [0.25, 0.3) is 11.8 Å². The Morgan fingerprint density at radius 2 is 1.73 bits per heavy atom. The zero-order chi connectivity index (χ0) is 23.0. The Kier molecular flexibility index (Phi) is 7.42. The summed E-state index contributed by atoms with van der Waals surface area (Å²) in [5.41, 5.74) is 3.77. The van der Waals surface area contributed by atoms with Crippen LogP contribution in [0.2, 0.25) is 0 Å². The monoisotopic (exact) mass is 446 g/mol. The number of benzene rings is 2. The second kappa shape index (κ2) is 10.8. The van der Waals surface area contributed by atoms with E-state index in [1.165, 1.54) is 17.5 Å². The lowest BCUT2D eigenvalue weighted by Gasteiger charge is -2.36. The molecule has 2 N–H and O–H groups in total. The lowest BCUT2D eigenvalue weighted by molar-refractivity contribution is 0.0950. The number of carbonyl (C=O) groups excluding carboxylic acids is 2. The maximum Gasteiger partial charge on any atom is 0.291 e. The highest BCUT2D eigenvalue weighted by atomic mass is 16.3. The van der Waals surface area contributed by atoms with Crippen LogP contribution in [-0.4, -0.2) is 56.0 Å². The summed E-state index contributed by atoms with van der Waals surface area (Å²) < 4.78 is 5.08. The summed E-state index contributed by atoms with van der Waals surface area (Å²) >= 11 is 0. The van der Waals surface area contributed by atoms with Crippen LogP contribution in [0.5, 0.6) is 0 Å². The normalized spacial score (nSPS) is 14.2. The fraction of sp³-hybridized carbons (Fsp3) is 0.308. The van der Waals surface area contributed by atoms with E-state index in [2.05, 4.69) is 51.6 Å². The van der Waals surface area contributed by atoms with Gasteiger partial charge in [-0.25, -0.2) is 0 Å². The van der Waals surface area contributed by atoms with Gasteiger partial charge >= 0.3 is 0 Å². The van der Waals surface area contributed by atoms with Crippen LogP contribution in [0.3, 0.4) is 0 Å². The van der Waals surface area contributed by atoms with Crippen LogP contribution >= 0.6 is 0 Å². The molecule has 3 aromatic rings. The number of amides is 2. The van der Waals surface area contributed by atoms with E-state index in [0.717, 1.165) is 39.1 Å². The Hall–Kier alpha value is -3.58. The van der Waals surface area contributed by atoms with Crippen molar-refractivity contribution in [2.75, 3.05) is 49.5 Å². The summed E-state index contributed by atoms with van der Waals surface area (Å²) in [5, 5.41) is 5.73. The highest BCUT2D eigenvalue weighted by molar-refractivity contribution is 6.02. The average Bonchev–Trinajstić information content (AvgIpc) is 3.38. The third-order valence-corrected chi connectivity index (χ3v) is 5.83. The van der Waals surface area contributed by atoms with E-state index in [4.69, 9.17) is 4.42 Å². The fourth-order valence-corrected chi connectivity index (χ4v) is 3.97. The molecule has 0 aliphatic carbocycles. The summed E-state index contributed by atoms with van der Waals surface area (Å²) in [6, 6.07) is 18.8. The number of hydrogen-bond donors (Lipinski definition) is 2. The molecule has 2 amide bonds. The van der Waals surface area contributed by atoms with Crippen molar-refractivity contribution in [2.45, 2.75) is 13.3 Å².